The minimum Gasteiger partial charge on any atom is -0.456 e. The first-order chi connectivity index (χ1) is 13.7. The van der Waals surface area contributed by atoms with Crippen molar-refractivity contribution in [2.24, 2.45) is 9.98 Å². The van der Waals surface area contributed by atoms with Crippen molar-refractivity contribution in [3.63, 3.8) is 0 Å². The van der Waals surface area contributed by atoms with Crippen LogP contribution in [-0.4, -0.2) is 23.6 Å². The third kappa shape index (κ3) is 2.78. The molecule has 0 fully saturated rings. The van der Waals surface area contributed by atoms with E-state index >= 15 is 0 Å². The van der Waals surface area contributed by atoms with Crippen LogP contribution in [0.15, 0.2) is 80.6 Å². The summed E-state index contributed by atoms with van der Waals surface area (Å²) in [5.74, 6) is 1.71. The second-order valence-corrected chi connectivity index (χ2v) is 7.13. The summed E-state index contributed by atoms with van der Waals surface area (Å²) in [4.78, 5) is 11.7. The van der Waals surface area contributed by atoms with E-state index in [9.17, 15) is 0 Å². The number of furan rings is 1. The summed E-state index contributed by atoms with van der Waals surface area (Å²) in [6.45, 7) is 1.96. The van der Waals surface area contributed by atoms with Crippen LogP contribution in [0.1, 0.15) is 25.1 Å². The highest BCUT2D eigenvalue weighted by Crippen LogP contribution is 2.27. The Morgan fingerprint density at radius 2 is 1.79 bits per heavy atom. The second kappa shape index (κ2) is 6.64. The standard InChI is InChI=1S/C24H21N3O/c1-16-25-23(17-9-4-3-5-10-17)27(2)24(26-16)18-11-8-13-20-19-12-6-7-14-21(19)28-22(20)15-18/h3-7,9-15,23H,8H2,1-2H3. The molecule has 4 heteroatoms. The normalized spacial score (nSPS) is 19.0. The van der Waals surface area contributed by atoms with Crippen molar-refractivity contribution in [2.75, 3.05) is 7.05 Å². The Morgan fingerprint density at radius 3 is 2.64 bits per heavy atom. The van der Waals surface area contributed by atoms with Crippen LogP contribution in [0.25, 0.3) is 23.1 Å². The highest BCUT2D eigenvalue weighted by atomic mass is 16.3. The van der Waals surface area contributed by atoms with Crippen LogP contribution in [0.4, 0.5) is 0 Å². The van der Waals surface area contributed by atoms with Gasteiger partial charge in [0.1, 0.15) is 28.8 Å². The molecule has 2 aromatic carbocycles. The molecule has 1 aromatic heterocycles. The van der Waals surface area contributed by atoms with Gasteiger partial charge < -0.3 is 9.32 Å². The lowest BCUT2D eigenvalue weighted by Gasteiger charge is -2.32. The van der Waals surface area contributed by atoms with Gasteiger partial charge in [-0.15, -0.1) is 0 Å². The van der Waals surface area contributed by atoms with Gasteiger partial charge in [-0.1, -0.05) is 60.7 Å². The maximum absolute atomic E-state index is 6.13. The third-order valence-corrected chi connectivity index (χ3v) is 5.24. The monoisotopic (exact) mass is 367 g/mol. The van der Waals surface area contributed by atoms with Gasteiger partial charge in [0.15, 0.2) is 0 Å². The number of para-hydroxylation sites is 1. The summed E-state index contributed by atoms with van der Waals surface area (Å²) in [6, 6.07) is 18.5. The molecule has 5 rings (SSSR count). The first-order valence-corrected chi connectivity index (χ1v) is 9.51. The Bertz CT molecular complexity index is 1260. The van der Waals surface area contributed by atoms with Crippen molar-refractivity contribution in [3.8, 4) is 0 Å². The molecule has 0 amide bonds. The zero-order valence-corrected chi connectivity index (χ0v) is 16.0. The van der Waals surface area contributed by atoms with E-state index in [0.717, 1.165) is 50.8 Å². The molecule has 4 nitrogen and oxygen atoms in total. The minimum atomic E-state index is -0.0784. The van der Waals surface area contributed by atoms with Gasteiger partial charge in [-0.05, 0) is 31.1 Å². The van der Waals surface area contributed by atoms with Crippen LogP contribution in [0, 0.1) is 0 Å². The van der Waals surface area contributed by atoms with E-state index in [1.807, 2.05) is 37.3 Å². The molecule has 138 valence electrons. The number of hydrogen-bond donors (Lipinski definition) is 0. The van der Waals surface area contributed by atoms with Crippen molar-refractivity contribution in [2.45, 2.75) is 19.5 Å². The Morgan fingerprint density at radius 1 is 1.00 bits per heavy atom. The maximum atomic E-state index is 6.13. The van der Waals surface area contributed by atoms with Gasteiger partial charge in [-0.2, -0.15) is 0 Å². The molecule has 3 aromatic rings. The van der Waals surface area contributed by atoms with Crippen LogP contribution < -0.4 is 10.6 Å². The Hall–Kier alpha value is -3.40. The van der Waals surface area contributed by atoms with E-state index in [1.165, 1.54) is 0 Å². The highest BCUT2D eigenvalue weighted by molar-refractivity contribution is 6.11. The lowest BCUT2D eigenvalue weighted by molar-refractivity contribution is 0.382. The van der Waals surface area contributed by atoms with E-state index in [0.29, 0.717) is 0 Å². The van der Waals surface area contributed by atoms with Gasteiger partial charge >= 0.3 is 0 Å². The molecule has 1 atom stereocenters. The van der Waals surface area contributed by atoms with Gasteiger partial charge in [0, 0.05) is 23.2 Å². The van der Waals surface area contributed by atoms with Crippen LogP contribution >= 0.6 is 0 Å². The summed E-state index contributed by atoms with van der Waals surface area (Å²) in [6.07, 6.45) is 7.30. The van der Waals surface area contributed by atoms with Crippen molar-refractivity contribution < 1.29 is 4.42 Å². The Labute approximate surface area is 163 Å². The van der Waals surface area contributed by atoms with E-state index in [1.54, 1.807) is 0 Å². The van der Waals surface area contributed by atoms with Gasteiger partial charge in [-0.3, -0.25) is 0 Å². The molecular weight excluding hydrogens is 346 g/mol. The number of nitrogens with zero attached hydrogens (tertiary/aromatic N) is 3. The zero-order chi connectivity index (χ0) is 19.1. The summed E-state index contributed by atoms with van der Waals surface area (Å²) in [5, 5.41) is 2.31. The Balaban J connectivity index is 1.60. The van der Waals surface area contributed by atoms with Gasteiger partial charge in [0.25, 0.3) is 0 Å². The van der Waals surface area contributed by atoms with Crippen LogP contribution in [0.3, 0.4) is 0 Å². The van der Waals surface area contributed by atoms with Gasteiger partial charge in [0.05, 0.1) is 0 Å². The average Bonchev–Trinajstić information content (AvgIpc) is 2.93. The Kier molecular flexibility index (Phi) is 3.97. The quantitative estimate of drug-likeness (QED) is 0.692. The van der Waals surface area contributed by atoms with Crippen molar-refractivity contribution in [3.05, 3.63) is 82.4 Å². The number of fused-ring (bicyclic) bond motifs is 3. The smallest absolute Gasteiger partial charge is 0.150 e. The summed E-state index contributed by atoms with van der Waals surface area (Å²) < 4.78 is 6.13. The molecule has 0 N–H and O–H groups in total. The molecule has 2 aliphatic rings. The van der Waals surface area contributed by atoms with Gasteiger partial charge in [0.2, 0.25) is 0 Å². The largest absolute Gasteiger partial charge is 0.456 e. The number of aliphatic imine (C=N–C) groups is 2. The molecule has 0 radical (unpaired) electrons. The lowest BCUT2D eigenvalue weighted by Crippen LogP contribution is -2.35. The minimum absolute atomic E-state index is 0.0784. The molecule has 1 unspecified atom stereocenters. The number of allylic oxidation sites excluding steroid dienone is 1. The summed E-state index contributed by atoms with van der Waals surface area (Å²) in [5.41, 5.74) is 4.02. The fraction of sp³-hybridized carbons (Fsp3) is 0.167. The third-order valence-electron chi connectivity index (χ3n) is 5.24. The lowest BCUT2D eigenvalue weighted by atomic mass is 10.1. The zero-order valence-electron chi connectivity index (χ0n) is 16.0. The predicted molar refractivity (Wildman–Crippen MR) is 115 cm³/mol. The van der Waals surface area contributed by atoms with Crippen molar-refractivity contribution >= 4 is 34.8 Å². The first-order valence-electron chi connectivity index (χ1n) is 9.51. The molecule has 0 saturated heterocycles. The summed E-state index contributed by atoms with van der Waals surface area (Å²) >= 11 is 0. The summed E-state index contributed by atoms with van der Waals surface area (Å²) in [7, 11) is 2.05. The van der Waals surface area contributed by atoms with E-state index in [-0.39, 0.29) is 6.17 Å². The molecule has 0 saturated carbocycles. The number of amidine groups is 2. The number of benzene rings is 2. The van der Waals surface area contributed by atoms with Crippen molar-refractivity contribution in [1.29, 1.82) is 0 Å². The highest BCUT2D eigenvalue weighted by Gasteiger charge is 2.25. The molecule has 0 bridgehead atoms. The van der Waals surface area contributed by atoms with E-state index < -0.39 is 0 Å². The molecule has 1 aliphatic carbocycles. The molecule has 2 heterocycles. The van der Waals surface area contributed by atoms with Crippen LogP contribution in [0.2, 0.25) is 0 Å². The van der Waals surface area contributed by atoms with Crippen LogP contribution in [0.5, 0.6) is 0 Å². The molecular formula is C24H21N3O. The first kappa shape index (κ1) is 16.8. The average molecular weight is 367 g/mol. The van der Waals surface area contributed by atoms with Crippen molar-refractivity contribution in [1.82, 2.24) is 4.90 Å². The topological polar surface area (TPSA) is 41.1 Å². The molecule has 28 heavy (non-hydrogen) atoms. The van der Waals surface area contributed by atoms with E-state index in [4.69, 9.17) is 14.4 Å². The van der Waals surface area contributed by atoms with E-state index in [2.05, 4.69) is 54.4 Å². The molecule has 1 aliphatic heterocycles. The maximum Gasteiger partial charge on any atom is 0.150 e. The predicted octanol–water partition coefficient (Wildman–Crippen LogP) is 3.79. The number of hydrogen-bond acceptors (Lipinski definition) is 4. The SMILES string of the molecule is CC1=NC(c2ccccc2)N(C)C(C2=CCC=c3c(oc4ccccc34)=C2)=N1. The van der Waals surface area contributed by atoms with Crippen LogP contribution in [-0.2, 0) is 0 Å². The fourth-order valence-electron chi connectivity index (χ4n) is 3.89. The second-order valence-electron chi connectivity index (χ2n) is 7.13. The van der Waals surface area contributed by atoms with Gasteiger partial charge in [-0.25, -0.2) is 9.98 Å². The fourth-order valence-corrected chi connectivity index (χ4v) is 3.89. The number of likely N-dealkylation sites (N-methyl/N-ethyl adjacent to an activating group) is 1. The molecule has 0 spiro atoms. The number of rotatable bonds is 2.